The third kappa shape index (κ3) is 4.63. The summed E-state index contributed by atoms with van der Waals surface area (Å²) in [6.07, 6.45) is 0.593. The minimum atomic E-state index is -0.442. The molecule has 0 spiro atoms. The molecule has 0 radical (unpaired) electrons. The Hall–Kier alpha value is -2.21. The van der Waals surface area contributed by atoms with Crippen LogP contribution in [0.3, 0.4) is 0 Å². The van der Waals surface area contributed by atoms with Crippen LogP contribution in [0.15, 0.2) is 41.8 Å². The number of halogens is 1. The molecule has 4 nitrogen and oxygen atoms in total. The normalized spacial score (nSPS) is 11.8. The fourth-order valence-corrected chi connectivity index (χ4v) is 3.08. The van der Waals surface area contributed by atoms with Crippen molar-refractivity contribution in [1.29, 1.82) is 0 Å². The van der Waals surface area contributed by atoms with Gasteiger partial charge in [-0.25, -0.2) is 4.39 Å². The minimum Gasteiger partial charge on any atom is -0.358 e. The van der Waals surface area contributed by atoms with E-state index in [4.69, 9.17) is 0 Å². The summed E-state index contributed by atoms with van der Waals surface area (Å²) < 4.78 is 13.5. The minimum absolute atomic E-state index is 0.131. The Morgan fingerprint density at radius 3 is 2.70 bits per heavy atom. The van der Waals surface area contributed by atoms with E-state index in [-0.39, 0.29) is 24.3 Å². The summed E-state index contributed by atoms with van der Waals surface area (Å²) in [4.78, 5) is 26.9. The van der Waals surface area contributed by atoms with E-state index in [2.05, 4.69) is 5.32 Å². The van der Waals surface area contributed by atoms with Gasteiger partial charge < -0.3 is 10.2 Å². The highest BCUT2D eigenvalue weighted by Gasteiger charge is 2.24. The van der Waals surface area contributed by atoms with Gasteiger partial charge in [-0.2, -0.15) is 0 Å². The van der Waals surface area contributed by atoms with Crippen LogP contribution < -0.4 is 10.2 Å². The standard InChI is InChI=1S/C17H19FN2O2S/c1-12(9-15-7-4-8-23-15)17(22)20(11-16(21)19-2)14-6-3-5-13(18)10-14/h3-8,10,12H,9,11H2,1-2H3,(H,19,21). The Labute approximate surface area is 138 Å². The quantitative estimate of drug-likeness (QED) is 0.883. The van der Waals surface area contributed by atoms with E-state index in [0.29, 0.717) is 12.1 Å². The first-order chi connectivity index (χ1) is 11.0. The smallest absolute Gasteiger partial charge is 0.239 e. The van der Waals surface area contributed by atoms with Gasteiger partial charge in [-0.3, -0.25) is 9.59 Å². The molecule has 2 rings (SSSR count). The van der Waals surface area contributed by atoms with Crippen molar-refractivity contribution in [2.24, 2.45) is 5.92 Å². The van der Waals surface area contributed by atoms with Crippen LogP contribution in [0.5, 0.6) is 0 Å². The van der Waals surface area contributed by atoms with Crippen LogP contribution in [0.4, 0.5) is 10.1 Å². The fraction of sp³-hybridized carbons (Fsp3) is 0.294. The lowest BCUT2D eigenvalue weighted by atomic mass is 10.0. The molecule has 0 saturated heterocycles. The monoisotopic (exact) mass is 334 g/mol. The van der Waals surface area contributed by atoms with Gasteiger partial charge in [-0.15, -0.1) is 11.3 Å². The van der Waals surface area contributed by atoms with Gasteiger partial charge in [0, 0.05) is 23.5 Å². The number of amides is 2. The summed E-state index contributed by atoms with van der Waals surface area (Å²) in [6.45, 7) is 1.69. The number of nitrogens with one attached hydrogen (secondary N) is 1. The summed E-state index contributed by atoms with van der Waals surface area (Å²) >= 11 is 1.59. The van der Waals surface area contributed by atoms with Crippen LogP contribution in [-0.4, -0.2) is 25.4 Å². The summed E-state index contributed by atoms with van der Waals surface area (Å²) in [6, 6.07) is 9.63. The molecule has 6 heteroatoms. The molecule has 122 valence electrons. The van der Waals surface area contributed by atoms with Crippen molar-refractivity contribution in [1.82, 2.24) is 5.32 Å². The maximum absolute atomic E-state index is 13.5. The number of thiophene rings is 1. The Bertz CT molecular complexity index is 673. The Balaban J connectivity index is 2.21. The number of carbonyl (C=O) groups is 2. The van der Waals surface area contributed by atoms with Gasteiger partial charge in [0.05, 0.1) is 0 Å². The molecule has 0 bridgehead atoms. The largest absolute Gasteiger partial charge is 0.358 e. The molecule has 23 heavy (non-hydrogen) atoms. The number of carbonyl (C=O) groups excluding carboxylic acids is 2. The number of hydrogen-bond acceptors (Lipinski definition) is 3. The predicted molar refractivity (Wildman–Crippen MR) is 90.0 cm³/mol. The number of benzene rings is 1. The summed E-state index contributed by atoms with van der Waals surface area (Å²) in [7, 11) is 1.51. The summed E-state index contributed by atoms with van der Waals surface area (Å²) in [5, 5.41) is 4.45. The van der Waals surface area contributed by atoms with E-state index in [0.717, 1.165) is 4.88 Å². The summed E-state index contributed by atoms with van der Waals surface area (Å²) in [5.74, 6) is -1.25. The van der Waals surface area contributed by atoms with Gasteiger partial charge in [0.15, 0.2) is 0 Å². The molecule has 0 saturated carbocycles. The molecule has 1 atom stereocenters. The van der Waals surface area contributed by atoms with Crippen LogP contribution in [0.1, 0.15) is 11.8 Å². The fourth-order valence-electron chi connectivity index (χ4n) is 2.25. The van der Waals surface area contributed by atoms with Crippen molar-refractivity contribution in [2.75, 3.05) is 18.5 Å². The van der Waals surface area contributed by atoms with E-state index in [9.17, 15) is 14.0 Å². The molecule has 1 aromatic heterocycles. The van der Waals surface area contributed by atoms with Crippen LogP contribution in [-0.2, 0) is 16.0 Å². The van der Waals surface area contributed by atoms with Gasteiger partial charge >= 0.3 is 0 Å². The first-order valence-electron chi connectivity index (χ1n) is 7.31. The highest BCUT2D eigenvalue weighted by molar-refractivity contribution is 7.09. The lowest BCUT2D eigenvalue weighted by molar-refractivity contribution is -0.125. The lowest BCUT2D eigenvalue weighted by Gasteiger charge is -2.25. The molecule has 1 N–H and O–H groups in total. The van der Waals surface area contributed by atoms with E-state index < -0.39 is 5.82 Å². The van der Waals surface area contributed by atoms with Gasteiger partial charge in [-0.05, 0) is 36.1 Å². The van der Waals surface area contributed by atoms with Crippen LogP contribution in [0.25, 0.3) is 0 Å². The molecule has 0 aliphatic heterocycles. The molecule has 1 unspecified atom stereocenters. The molecule has 1 aromatic carbocycles. The molecular weight excluding hydrogens is 315 g/mol. The lowest BCUT2D eigenvalue weighted by Crippen LogP contribution is -2.42. The zero-order valence-corrected chi connectivity index (χ0v) is 13.9. The van der Waals surface area contributed by atoms with E-state index in [1.165, 1.54) is 30.1 Å². The molecule has 0 aliphatic rings. The topological polar surface area (TPSA) is 49.4 Å². The van der Waals surface area contributed by atoms with Crippen molar-refractivity contribution in [3.8, 4) is 0 Å². The molecule has 1 heterocycles. The Morgan fingerprint density at radius 2 is 2.09 bits per heavy atom. The molecule has 0 fully saturated rings. The van der Waals surface area contributed by atoms with Crippen molar-refractivity contribution in [3.05, 3.63) is 52.5 Å². The van der Waals surface area contributed by atoms with Gasteiger partial charge in [0.25, 0.3) is 0 Å². The number of likely N-dealkylation sites (N-methyl/N-ethyl adjacent to an activating group) is 1. The van der Waals surface area contributed by atoms with Gasteiger partial charge in [0.2, 0.25) is 11.8 Å². The van der Waals surface area contributed by atoms with E-state index >= 15 is 0 Å². The second-order valence-corrected chi connectivity index (χ2v) is 6.29. The second-order valence-electron chi connectivity index (χ2n) is 5.26. The molecule has 0 aliphatic carbocycles. The number of nitrogens with zero attached hydrogens (tertiary/aromatic N) is 1. The van der Waals surface area contributed by atoms with E-state index in [1.807, 2.05) is 24.4 Å². The van der Waals surface area contributed by atoms with Crippen LogP contribution >= 0.6 is 11.3 Å². The highest BCUT2D eigenvalue weighted by atomic mass is 32.1. The third-order valence-corrected chi connectivity index (χ3v) is 4.37. The maximum atomic E-state index is 13.5. The number of anilines is 1. The zero-order chi connectivity index (χ0) is 16.8. The van der Waals surface area contributed by atoms with Gasteiger partial charge in [0.1, 0.15) is 12.4 Å². The molecular formula is C17H19FN2O2S. The average Bonchev–Trinajstić information content (AvgIpc) is 3.04. The van der Waals surface area contributed by atoms with Crippen LogP contribution in [0.2, 0.25) is 0 Å². The predicted octanol–water partition coefficient (Wildman–Crippen LogP) is 2.85. The Kier molecular flexibility index (Phi) is 5.87. The number of hydrogen-bond donors (Lipinski definition) is 1. The average molecular weight is 334 g/mol. The highest BCUT2D eigenvalue weighted by Crippen LogP contribution is 2.21. The van der Waals surface area contributed by atoms with E-state index in [1.54, 1.807) is 17.4 Å². The SMILES string of the molecule is CNC(=O)CN(C(=O)C(C)Cc1cccs1)c1cccc(F)c1. The summed E-state index contributed by atoms with van der Waals surface area (Å²) in [5.41, 5.74) is 0.386. The van der Waals surface area contributed by atoms with Crippen LogP contribution in [0, 0.1) is 11.7 Å². The first-order valence-corrected chi connectivity index (χ1v) is 8.19. The van der Waals surface area contributed by atoms with Gasteiger partial charge in [-0.1, -0.05) is 19.1 Å². The molecule has 2 aromatic rings. The van der Waals surface area contributed by atoms with Crippen molar-refractivity contribution >= 4 is 28.8 Å². The third-order valence-electron chi connectivity index (χ3n) is 3.48. The zero-order valence-electron chi connectivity index (χ0n) is 13.1. The maximum Gasteiger partial charge on any atom is 0.239 e. The van der Waals surface area contributed by atoms with Crippen molar-refractivity contribution in [2.45, 2.75) is 13.3 Å². The first kappa shape index (κ1) is 17.1. The second kappa shape index (κ2) is 7.87. The number of rotatable bonds is 6. The van der Waals surface area contributed by atoms with Crippen molar-refractivity contribution < 1.29 is 14.0 Å². The van der Waals surface area contributed by atoms with Crippen molar-refractivity contribution in [3.63, 3.8) is 0 Å². The molecule has 2 amide bonds. The Morgan fingerprint density at radius 1 is 1.30 bits per heavy atom.